The first-order chi connectivity index (χ1) is 9.52. The molecule has 2 amide bonds. The zero-order valence-electron chi connectivity index (χ0n) is 12.3. The lowest BCUT2D eigenvalue weighted by Gasteiger charge is -2.17. The summed E-state index contributed by atoms with van der Waals surface area (Å²) in [6.07, 6.45) is 3.48. The lowest BCUT2D eigenvalue weighted by atomic mass is 10.2. The number of rotatable bonds is 7. The molecule has 5 heteroatoms. The standard InChI is InChI=1S/C15H23N3O2/c1-4-11(2)17-15(20)12(3)18-14(19)9-8-13-7-5-6-10-16-13/h5-7,10-12H,4,8-9H2,1-3H3,(H,17,20)(H,18,19)/t11-,12-/m0/s1. The second-order valence-electron chi connectivity index (χ2n) is 4.93. The lowest BCUT2D eigenvalue weighted by molar-refractivity contribution is -0.128. The summed E-state index contributed by atoms with van der Waals surface area (Å²) in [5.41, 5.74) is 0.874. The second kappa shape index (κ2) is 8.30. The van der Waals surface area contributed by atoms with E-state index in [0.29, 0.717) is 12.8 Å². The Morgan fingerprint density at radius 3 is 2.60 bits per heavy atom. The molecule has 0 saturated heterocycles. The maximum atomic E-state index is 11.8. The van der Waals surface area contributed by atoms with Gasteiger partial charge in [0.1, 0.15) is 6.04 Å². The average Bonchev–Trinajstić information content (AvgIpc) is 2.45. The van der Waals surface area contributed by atoms with Gasteiger partial charge >= 0.3 is 0 Å². The molecule has 0 radical (unpaired) electrons. The molecule has 2 atom stereocenters. The lowest BCUT2D eigenvalue weighted by Crippen LogP contribution is -2.47. The van der Waals surface area contributed by atoms with Gasteiger partial charge in [0.2, 0.25) is 11.8 Å². The number of aromatic nitrogens is 1. The fourth-order valence-electron chi connectivity index (χ4n) is 1.64. The predicted molar refractivity (Wildman–Crippen MR) is 78.1 cm³/mol. The number of pyridine rings is 1. The zero-order chi connectivity index (χ0) is 15.0. The molecule has 0 saturated carbocycles. The van der Waals surface area contributed by atoms with Crippen molar-refractivity contribution in [1.29, 1.82) is 0 Å². The van der Waals surface area contributed by atoms with E-state index >= 15 is 0 Å². The van der Waals surface area contributed by atoms with Gasteiger partial charge in [-0.05, 0) is 38.8 Å². The van der Waals surface area contributed by atoms with Crippen molar-refractivity contribution in [2.75, 3.05) is 0 Å². The Hall–Kier alpha value is -1.91. The van der Waals surface area contributed by atoms with Crippen molar-refractivity contribution in [3.05, 3.63) is 30.1 Å². The molecule has 0 spiro atoms. The van der Waals surface area contributed by atoms with Crippen LogP contribution in [0.1, 0.15) is 39.3 Å². The SMILES string of the molecule is CC[C@H](C)NC(=O)[C@H](C)NC(=O)CCc1ccccn1. The van der Waals surface area contributed by atoms with Crippen molar-refractivity contribution in [3.63, 3.8) is 0 Å². The summed E-state index contributed by atoms with van der Waals surface area (Å²) in [5, 5.41) is 5.54. The summed E-state index contributed by atoms with van der Waals surface area (Å²) in [6, 6.07) is 5.22. The van der Waals surface area contributed by atoms with E-state index < -0.39 is 6.04 Å². The van der Waals surface area contributed by atoms with Gasteiger partial charge in [-0.15, -0.1) is 0 Å². The fourth-order valence-corrected chi connectivity index (χ4v) is 1.64. The van der Waals surface area contributed by atoms with Crippen LogP contribution in [0.3, 0.4) is 0 Å². The van der Waals surface area contributed by atoms with Crippen LogP contribution in [0.25, 0.3) is 0 Å². The number of nitrogens with zero attached hydrogens (tertiary/aromatic N) is 1. The van der Waals surface area contributed by atoms with Crippen LogP contribution in [-0.2, 0) is 16.0 Å². The Morgan fingerprint density at radius 1 is 1.25 bits per heavy atom. The van der Waals surface area contributed by atoms with Crippen molar-refractivity contribution in [3.8, 4) is 0 Å². The number of hydrogen-bond acceptors (Lipinski definition) is 3. The van der Waals surface area contributed by atoms with Gasteiger partial charge in [0.15, 0.2) is 0 Å². The monoisotopic (exact) mass is 277 g/mol. The molecule has 0 unspecified atom stereocenters. The molecular formula is C15H23N3O2. The maximum Gasteiger partial charge on any atom is 0.242 e. The Bertz CT molecular complexity index is 434. The highest BCUT2D eigenvalue weighted by Gasteiger charge is 2.16. The Morgan fingerprint density at radius 2 is 2.00 bits per heavy atom. The third-order valence-corrected chi connectivity index (χ3v) is 3.11. The normalized spacial score (nSPS) is 13.3. The highest BCUT2D eigenvalue weighted by atomic mass is 16.2. The van der Waals surface area contributed by atoms with Gasteiger partial charge in [-0.1, -0.05) is 13.0 Å². The number of aryl methyl sites for hydroxylation is 1. The van der Waals surface area contributed by atoms with E-state index in [1.807, 2.05) is 32.0 Å². The summed E-state index contributed by atoms with van der Waals surface area (Å²) in [7, 11) is 0. The minimum atomic E-state index is -0.514. The van der Waals surface area contributed by atoms with E-state index in [0.717, 1.165) is 12.1 Å². The summed E-state index contributed by atoms with van der Waals surface area (Å²) in [5.74, 6) is -0.284. The van der Waals surface area contributed by atoms with Crippen LogP contribution in [0.4, 0.5) is 0 Å². The largest absolute Gasteiger partial charge is 0.352 e. The van der Waals surface area contributed by atoms with Crippen molar-refractivity contribution in [2.24, 2.45) is 0 Å². The van der Waals surface area contributed by atoms with Crippen LogP contribution in [-0.4, -0.2) is 28.9 Å². The van der Waals surface area contributed by atoms with Gasteiger partial charge in [0.05, 0.1) is 0 Å². The summed E-state index contributed by atoms with van der Waals surface area (Å²) in [6.45, 7) is 5.63. The first-order valence-corrected chi connectivity index (χ1v) is 7.02. The van der Waals surface area contributed by atoms with E-state index in [9.17, 15) is 9.59 Å². The highest BCUT2D eigenvalue weighted by molar-refractivity contribution is 5.87. The first-order valence-electron chi connectivity index (χ1n) is 7.02. The quantitative estimate of drug-likeness (QED) is 0.792. The second-order valence-corrected chi connectivity index (χ2v) is 4.93. The van der Waals surface area contributed by atoms with Crippen LogP contribution in [0.5, 0.6) is 0 Å². The molecule has 5 nitrogen and oxygen atoms in total. The molecule has 0 aliphatic heterocycles. The smallest absolute Gasteiger partial charge is 0.242 e. The van der Waals surface area contributed by atoms with Gasteiger partial charge in [0, 0.05) is 24.4 Å². The molecule has 1 aromatic heterocycles. The number of amides is 2. The van der Waals surface area contributed by atoms with E-state index in [1.54, 1.807) is 13.1 Å². The van der Waals surface area contributed by atoms with E-state index in [4.69, 9.17) is 0 Å². The molecule has 1 aromatic rings. The van der Waals surface area contributed by atoms with Crippen molar-refractivity contribution in [1.82, 2.24) is 15.6 Å². The number of carbonyl (C=O) groups is 2. The molecule has 20 heavy (non-hydrogen) atoms. The van der Waals surface area contributed by atoms with Gasteiger partial charge in [-0.2, -0.15) is 0 Å². The third kappa shape index (κ3) is 5.82. The van der Waals surface area contributed by atoms with Gasteiger partial charge in [0.25, 0.3) is 0 Å². The molecule has 0 aromatic carbocycles. The minimum absolute atomic E-state index is 0.121. The Kier molecular flexibility index (Phi) is 6.70. The van der Waals surface area contributed by atoms with Crippen molar-refractivity contribution >= 4 is 11.8 Å². The van der Waals surface area contributed by atoms with Gasteiger partial charge in [-0.25, -0.2) is 0 Å². The predicted octanol–water partition coefficient (Wildman–Crippen LogP) is 1.43. The molecule has 1 heterocycles. The number of nitrogens with one attached hydrogen (secondary N) is 2. The van der Waals surface area contributed by atoms with Crippen LogP contribution in [0.15, 0.2) is 24.4 Å². The van der Waals surface area contributed by atoms with Crippen LogP contribution >= 0.6 is 0 Å². The summed E-state index contributed by atoms with van der Waals surface area (Å²) >= 11 is 0. The molecule has 1 rings (SSSR count). The van der Waals surface area contributed by atoms with Crippen LogP contribution in [0.2, 0.25) is 0 Å². The molecule has 2 N–H and O–H groups in total. The highest BCUT2D eigenvalue weighted by Crippen LogP contribution is 1.99. The molecular weight excluding hydrogens is 254 g/mol. The average molecular weight is 277 g/mol. The Labute approximate surface area is 120 Å². The fraction of sp³-hybridized carbons (Fsp3) is 0.533. The molecule has 0 aliphatic carbocycles. The number of carbonyl (C=O) groups excluding carboxylic acids is 2. The zero-order valence-corrected chi connectivity index (χ0v) is 12.3. The first kappa shape index (κ1) is 16.1. The number of hydrogen-bond donors (Lipinski definition) is 2. The van der Waals surface area contributed by atoms with E-state index in [2.05, 4.69) is 15.6 Å². The van der Waals surface area contributed by atoms with Crippen LogP contribution in [0, 0.1) is 0 Å². The molecule has 0 bridgehead atoms. The van der Waals surface area contributed by atoms with Crippen molar-refractivity contribution < 1.29 is 9.59 Å². The topological polar surface area (TPSA) is 71.1 Å². The summed E-state index contributed by atoms with van der Waals surface area (Å²) in [4.78, 5) is 27.7. The molecule has 0 aliphatic rings. The Balaban J connectivity index is 2.32. The molecule has 0 fully saturated rings. The van der Waals surface area contributed by atoms with Crippen molar-refractivity contribution in [2.45, 2.75) is 52.1 Å². The van der Waals surface area contributed by atoms with Crippen LogP contribution < -0.4 is 10.6 Å². The third-order valence-electron chi connectivity index (χ3n) is 3.11. The van der Waals surface area contributed by atoms with Gasteiger partial charge < -0.3 is 10.6 Å². The van der Waals surface area contributed by atoms with E-state index in [-0.39, 0.29) is 17.9 Å². The van der Waals surface area contributed by atoms with E-state index in [1.165, 1.54) is 0 Å². The maximum absolute atomic E-state index is 11.8. The molecule has 110 valence electrons. The van der Waals surface area contributed by atoms with Gasteiger partial charge in [-0.3, -0.25) is 14.6 Å². The summed E-state index contributed by atoms with van der Waals surface area (Å²) < 4.78 is 0. The minimum Gasteiger partial charge on any atom is -0.352 e.